The van der Waals surface area contributed by atoms with Crippen molar-refractivity contribution >= 4 is 5.97 Å². The molecule has 31 heavy (non-hydrogen) atoms. The fourth-order valence-corrected chi connectivity index (χ4v) is 7.40. The summed E-state index contributed by atoms with van der Waals surface area (Å²) in [4.78, 5) is 12.4. The highest BCUT2D eigenvalue weighted by atomic mass is 16.6. The summed E-state index contributed by atoms with van der Waals surface area (Å²) < 4.78 is 5.68. The van der Waals surface area contributed by atoms with Crippen LogP contribution in [0.25, 0.3) is 0 Å². The van der Waals surface area contributed by atoms with Gasteiger partial charge in [-0.3, -0.25) is 4.79 Å². The smallest absolute Gasteiger partial charge is 0.306 e. The highest BCUT2D eigenvalue weighted by Gasteiger charge is 2.81. The molecule has 5 N–H and O–H groups in total. The molecule has 2 fully saturated rings. The van der Waals surface area contributed by atoms with E-state index in [1.807, 2.05) is 27.7 Å². The van der Waals surface area contributed by atoms with Gasteiger partial charge in [-0.25, -0.2) is 0 Å². The summed E-state index contributed by atoms with van der Waals surface area (Å²) in [6.45, 7) is 8.83. The first kappa shape index (κ1) is 22.9. The Hall–Kier alpha value is -1.25. The Labute approximate surface area is 183 Å². The second-order valence-corrected chi connectivity index (χ2v) is 10.8. The minimum Gasteiger partial charge on any atom is -0.455 e. The van der Waals surface area contributed by atoms with Crippen LogP contribution >= 0.6 is 0 Å². The largest absolute Gasteiger partial charge is 0.455 e. The number of fused-ring (bicyclic) bond motifs is 3. The number of hydrogen-bond acceptors (Lipinski definition) is 7. The third-order valence-electron chi connectivity index (χ3n) is 9.03. The molecule has 0 aliphatic heterocycles. The molecule has 0 aromatic carbocycles. The number of aliphatic hydroxyl groups is 5. The summed E-state index contributed by atoms with van der Waals surface area (Å²) >= 11 is 0. The van der Waals surface area contributed by atoms with Crippen molar-refractivity contribution in [2.75, 3.05) is 6.61 Å². The third kappa shape index (κ3) is 2.55. The zero-order valence-electron chi connectivity index (χ0n) is 19.0. The minimum atomic E-state index is -2.07. The van der Waals surface area contributed by atoms with E-state index in [2.05, 4.69) is 0 Å². The van der Waals surface area contributed by atoms with Gasteiger partial charge in [0.05, 0.1) is 23.7 Å². The van der Waals surface area contributed by atoms with Gasteiger partial charge in [-0.05, 0) is 36.8 Å². The number of hydrogen-bond donors (Lipinski definition) is 5. The first-order valence-electron chi connectivity index (χ1n) is 11.4. The minimum absolute atomic E-state index is 0.169. The van der Waals surface area contributed by atoms with Gasteiger partial charge in [0.2, 0.25) is 0 Å². The van der Waals surface area contributed by atoms with Crippen LogP contribution in [0.4, 0.5) is 0 Å². The third-order valence-corrected chi connectivity index (χ3v) is 9.03. The van der Waals surface area contributed by atoms with Crippen LogP contribution in [-0.2, 0) is 9.53 Å². The number of aliphatic hydroxyl groups excluding tert-OH is 3. The van der Waals surface area contributed by atoms with E-state index < -0.39 is 64.8 Å². The lowest BCUT2D eigenvalue weighted by molar-refractivity contribution is -0.225. The van der Waals surface area contributed by atoms with Crippen LogP contribution in [-0.4, -0.2) is 67.6 Å². The Kier molecular flexibility index (Phi) is 5.08. The van der Waals surface area contributed by atoms with Crippen molar-refractivity contribution in [1.29, 1.82) is 0 Å². The lowest BCUT2D eigenvalue weighted by atomic mass is 9.58. The van der Waals surface area contributed by atoms with Crippen LogP contribution in [0.1, 0.15) is 53.9 Å². The molecule has 7 nitrogen and oxygen atoms in total. The van der Waals surface area contributed by atoms with Gasteiger partial charge >= 0.3 is 5.97 Å². The van der Waals surface area contributed by atoms with E-state index >= 15 is 0 Å². The van der Waals surface area contributed by atoms with Crippen LogP contribution in [0, 0.1) is 28.6 Å². The van der Waals surface area contributed by atoms with Crippen molar-refractivity contribution in [2.24, 2.45) is 28.6 Å². The number of carbonyl (C=O) groups is 1. The van der Waals surface area contributed by atoms with Crippen LogP contribution < -0.4 is 0 Å². The Morgan fingerprint density at radius 3 is 2.48 bits per heavy atom. The monoisotopic (exact) mass is 436 g/mol. The van der Waals surface area contributed by atoms with Crippen LogP contribution in [0.2, 0.25) is 0 Å². The molecule has 0 radical (unpaired) electrons. The maximum atomic E-state index is 12.4. The SMILES string of the molecule is CCCC(=O)O[C@H]1C(C)=C[C@]23C(O)[C@@H](C=C(CO)[C@@H](O)[C@]12O)[C@@H]1C(C)(C)[C@]1(O)C[C@H]3C. The zero-order valence-corrected chi connectivity index (χ0v) is 19.0. The maximum absolute atomic E-state index is 12.4. The standard InChI is InChI=1S/C24H36O7/c1-6-7-16(26)31-20-12(2)9-22-13(3)10-23(29)17(21(23,4)5)15(19(22)28)8-14(11-25)18(27)24(20,22)30/h8-9,13,15,17-20,25,27-30H,6-7,10-11H2,1-5H3/t13-,15+,17-,18-,19?,20+,22+,23+,24+/m1/s1. The van der Waals surface area contributed by atoms with Crippen LogP contribution in [0.3, 0.4) is 0 Å². The molecule has 0 aromatic heterocycles. The van der Waals surface area contributed by atoms with E-state index in [4.69, 9.17) is 4.74 Å². The fraction of sp³-hybridized carbons (Fsp3) is 0.792. The van der Waals surface area contributed by atoms with Gasteiger partial charge in [-0.1, -0.05) is 39.8 Å². The normalized spacial score (nSPS) is 49.7. The molecule has 0 aromatic rings. The van der Waals surface area contributed by atoms with Crippen molar-refractivity contribution < 1.29 is 35.1 Å². The molecule has 0 heterocycles. The van der Waals surface area contributed by atoms with Gasteiger partial charge in [0.1, 0.15) is 11.7 Å². The molecule has 4 aliphatic carbocycles. The summed E-state index contributed by atoms with van der Waals surface area (Å²) in [5.74, 6) is -1.79. The quantitative estimate of drug-likeness (QED) is 0.329. The van der Waals surface area contributed by atoms with Crippen molar-refractivity contribution in [2.45, 2.75) is 83.4 Å². The molecule has 1 unspecified atom stereocenters. The first-order chi connectivity index (χ1) is 14.3. The predicted molar refractivity (Wildman–Crippen MR) is 113 cm³/mol. The van der Waals surface area contributed by atoms with E-state index in [1.165, 1.54) is 0 Å². The Morgan fingerprint density at radius 2 is 1.90 bits per heavy atom. The Balaban J connectivity index is 1.92. The van der Waals surface area contributed by atoms with Crippen molar-refractivity contribution in [3.05, 3.63) is 23.3 Å². The molecule has 4 aliphatic rings. The van der Waals surface area contributed by atoms with Crippen LogP contribution in [0.15, 0.2) is 23.3 Å². The second kappa shape index (κ2) is 6.87. The summed E-state index contributed by atoms with van der Waals surface area (Å²) in [5.41, 5.74) is -4.20. The summed E-state index contributed by atoms with van der Waals surface area (Å²) in [6.07, 6.45) is 0.605. The highest BCUT2D eigenvalue weighted by molar-refractivity contribution is 5.70. The van der Waals surface area contributed by atoms with E-state index in [-0.39, 0.29) is 17.9 Å². The number of rotatable bonds is 4. The molecular formula is C24H36O7. The van der Waals surface area contributed by atoms with E-state index in [0.717, 1.165) is 0 Å². The Bertz CT molecular complexity index is 847. The van der Waals surface area contributed by atoms with Crippen LogP contribution in [0.5, 0.6) is 0 Å². The molecule has 4 rings (SSSR count). The predicted octanol–water partition coefficient (Wildman–Crippen LogP) is 1.07. The van der Waals surface area contributed by atoms with Gasteiger partial charge in [0, 0.05) is 23.7 Å². The second-order valence-electron chi connectivity index (χ2n) is 10.8. The highest BCUT2D eigenvalue weighted by Crippen LogP contribution is 2.74. The molecule has 1 spiro atoms. The van der Waals surface area contributed by atoms with Crippen molar-refractivity contribution in [3.63, 3.8) is 0 Å². The van der Waals surface area contributed by atoms with E-state index in [9.17, 15) is 30.3 Å². The molecule has 174 valence electrons. The summed E-state index contributed by atoms with van der Waals surface area (Å²) in [6, 6.07) is 0. The van der Waals surface area contributed by atoms with Crippen molar-refractivity contribution in [1.82, 2.24) is 0 Å². The topological polar surface area (TPSA) is 127 Å². The number of ether oxygens (including phenoxy) is 1. The van der Waals surface area contributed by atoms with Gasteiger partial charge in [0.15, 0.2) is 6.10 Å². The zero-order chi connectivity index (χ0) is 23.1. The maximum Gasteiger partial charge on any atom is 0.306 e. The van der Waals surface area contributed by atoms with Crippen molar-refractivity contribution in [3.8, 4) is 0 Å². The number of carbonyl (C=O) groups excluding carboxylic acids is 1. The fourth-order valence-electron chi connectivity index (χ4n) is 7.40. The molecule has 0 amide bonds. The van der Waals surface area contributed by atoms with E-state index in [0.29, 0.717) is 18.4 Å². The molecule has 7 heteroatoms. The molecule has 9 atom stereocenters. The molecule has 2 saturated carbocycles. The number of esters is 1. The summed E-state index contributed by atoms with van der Waals surface area (Å²) in [5, 5.41) is 57.0. The summed E-state index contributed by atoms with van der Waals surface area (Å²) in [7, 11) is 0. The van der Waals surface area contributed by atoms with Gasteiger partial charge < -0.3 is 30.3 Å². The lowest BCUT2D eigenvalue weighted by Crippen LogP contribution is -2.67. The van der Waals surface area contributed by atoms with Gasteiger partial charge in [0.25, 0.3) is 0 Å². The van der Waals surface area contributed by atoms with Gasteiger partial charge in [-0.2, -0.15) is 0 Å². The molecule has 0 saturated heterocycles. The average molecular weight is 437 g/mol. The molecular weight excluding hydrogens is 400 g/mol. The van der Waals surface area contributed by atoms with E-state index in [1.54, 1.807) is 19.1 Å². The Morgan fingerprint density at radius 1 is 1.26 bits per heavy atom. The average Bonchev–Trinajstić information content (AvgIpc) is 3.05. The van der Waals surface area contributed by atoms with Gasteiger partial charge in [-0.15, -0.1) is 0 Å². The first-order valence-corrected chi connectivity index (χ1v) is 11.4. The molecule has 2 bridgehead atoms. The lowest BCUT2D eigenvalue weighted by Gasteiger charge is -2.52.